The van der Waals surface area contributed by atoms with Crippen LogP contribution in [0.4, 0.5) is 0 Å². The van der Waals surface area contributed by atoms with Crippen LogP contribution in [-0.2, 0) is 21.0 Å². The fraction of sp³-hybridized carbons (Fsp3) is 0.579. The molecule has 136 valence electrons. The van der Waals surface area contributed by atoms with Crippen molar-refractivity contribution in [1.82, 2.24) is 4.57 Å². The Morgan fingerprint density at radius 2 is 2.04 bits per heavy atom. The molecule has 25 heavy (non-hydrogen) atoms. The molecule has 3 N–H and O–H groups in total. The van der Waals surface area contributed by atoms with Gasteiger partial charge in [-0.2, -0.15) is 0 Å². The molecule has 1 aliphatic heterocycles. The molecule has 1 atom stereocenters. The van der Waals surface area contributed by atoms with Crippen molar-refractivity contribution < 1.29 is 8.95 Å². The van der Waals surface area contributed by atoms with Crippen molar-refractivity contribution in [3.63, 3.8) is 0 Å². The van der Waals surface area contributed by atoms with Gasteiger partial charge >= 0.3 is 0 Å². The summed E-state index contributed by atoms with van der Waals surface area (Å²) in [6, 6.07) is 7.87. The first-order valence-electron chi connectivity index (χ1n) is 9.17. The van der Waals surface area contributed by atoms with Crippen LogP contribution in [0.5, 0.6) is 0 Å². The molecule has 0 spiro atoms. The van der Waals surface area contributed by atoms with Gasteiger partial charge in [0.1, 0.15) is 0 Å². The maximum absolute atomic E-state index is 12.6. The van der Waals surface area contributed by atoms with Crippen molar-refractivity contribution in [3.8, 4) is 0 Å². The molecule has 1 aromatic carbocycles. The number of hydrogen-bond donors (Lipinski definition) is 2. The van der Waals surface area contributed by atoms with Crippen LogP contribution in [0.25, 0.3) is 10.9 Å². The lowest BCUT2D eigenvalue weighted by molar-refractivity contribution is -0.00639. The summed E-state index contributed by atoms with van der Waals surface area (Å²) in [6.07, 6.45) is 7.06. The average Bonchev–Trinajstić information content (AvgIpc) is 3.39. The van der Waals surface area contributed by atoms with Crippen molar-refractivity contribution in [2.75, 3.05) is 25.5 Å². The topological polar surface area (TPSA) is 81.1 Å². The third-order valence-corrected chi connectivity index (χ3v) is 7.77. The van der Waals surface area contributed by atoms with Crippen molar-refractivity contribution >= 4 is 20.6 Å². The molecule has 1 aliphatic carbocycles. The van der Waals surface area contributed by atoms with Crippen molar-refractivity contribution in [2.45, 2.75) is 37.1 Å². The van der Waals surface area contributed by atoms with Crippen LogP contribution < -0.4 is 5.73 Å². The zero-order valence-electron chi connectivity index (χ0n) is 14.6. The Labute approximate surface area is 149 Å². The quantitative estimate of drug-likeness (QED) is 0.829. The molecular weight excluding hydrogens is 334 g/mol. The van der Waals surface area contributed by atoms with E-state index in [1.165, 1.54) is 12.8 Å². The van der Waals surface area contributed by atoms with E-state index in [0.29, 0.717) is 10.3 Å². The van der Waals surface area contributed by atoms with Crippen LogP contribution in [0.1, 0.15) is 25.7 Å². The number of nitrogens with zero attached hydrogens (tertiary/aromatic N) is 1. The molecule has 2 heterocycles. The summed E-state index contributed by atoms with van der Waals surface area (Å²) in [7, 11) is -2.81. The van der Waals surface area contributed by atoms with Crippen molar-refractivity contribution in [1.29, 1.82) is 4.78 Å². The average molecular weight is 362 g/mol. The van der Waals surface area contributed by atoms with Gasteiger partial charge in [0.2, 0.25) is 0 Å². The van der Waals surface area contributed by atoms with Crippen molar-refractivity contribution in [2.24, 2.45) is 17.1 Å². The normalized spacial score (nSPS) is 22.8. The van der Waals surface area contributed by atoms with Crippen LogP contribution in [0.15, 0.2) is 35.4 Å². The predicted molar refractivity (Wildman–Crippen MR) is 100 cm³/mol. The molecule has 0 radical (unpaired) electrons. The third-order valence-electron chi connectivity index (χ3n) is 5.95. The summed E-state index contributed by atoms with van der Waals surface area (Å²) in [5.41, 5.74) is 6.96. The lowest BCUT2D eigenvalue weighted by Crippen LogP contribution is -2.35. The van der Waals surface area contributed by atoms with Gasteiger partial charge in [0.15, 0.2) is 0 Å². The number of rotatable bonds is 6. The Kier molecular flexibility index (Phi) is 4.38. The summed E-state index contributed by atoms with van der Waals surface area (Å²) in [4.78, 5) is 0.595. The minimum Gasteiger partial charge on any atom is -0.381 e. The van der Waals surface area contributed by atoms with Gasteiger partial charge in [0.25, 0.3) is 0 Å². The first-order valence-corrected chi connectivity index (χ1v) is 10.9. The van der Waals surface area contributed by atoms with Crippen molar-refractivity contribution in [3.05, 3.63) is 30.5 Å². The van der Waals surface area contributed by atoms with Gasteiger partial charge in [-0.1, -0.05) is 6.07 Å². The van der Waals surface area contributed by atoms with Gasteiger partial charge in [-0.05, 0) is 60.6 Å². The summed E-state index contributed by atoms with van der Waals surface area (Å²) in [6.45, 7) is 2.98. The van der Waals surface area contributed by atoms with E-state index in [4.69, 9.17) is 15.3 Å². The lowest BCUT2D eigenvalue weighted by Gasteiger charge is -2.38. The second kappa shape index (κ2) is 6.41. The van der Waals surface area contributed by atoms with Crippen LogP contribution in [-0.4, -0.2) is 34.3 Å². The Balaban J connectivity index is 1.70. The Hall–Kier alpha value is -1.37. The highest BCUT2D eigenvalue weighted by atomic mass is 32.2. The molecule has 0 amide bonds. The Morgan fingerprint density at radius 1 is 1.28 bits per heavy atom. The van der Waals surface area contributed by atoms with Crippen LogP contribution >= 0.6 is 0 Å². The molecule has 0 bridgehead atoms. The van der Waals surface area contributed by atoms with Gasteiger partial charge in [0, 0.05) is 48.7 Å². The van der Waals surface area contributed by atoms with E-state index in [1.54, 1.807) is 0 Å². The highest BCUT2D eigenvalue weighted by molar-refractivity contribution is 7.92. The van der Waals surface area contributed by atoms with Gasteiger partial charge in [-0.15, -0.1) is 0 Å². The zero-order valence-corrected chi connectivity index (χ0v) is 15.4. The monoisotopic (exact) mass is 361 g/mol. The number of fused-ring (bicyclic) bond motifs is 1. The molecule has 6 heteroatoms. The van der Waals surface area contributed by atoms with Crippen LogP contribution in [0.2, 0.25) is 0 Å². The first kappa shape index (κ1) is 17.1. The van der Waals surface area contributed by atoms with Gasteiger partial charge in [0.05, 0.1) is 9.73 Å². The van der Waals surface area contributed by atoms with Gasteiger partial charge < -0.3 is 15.0 Å². The standard InChI is InChI=1S/C19H27N3O2S/c20-8-12-25(21,23)17-4-1-15-5-9-22(18(15)13-17)14-19(16-2-3-16)6-10-24-11-7-19/h1,4-5,9,13,16,21H,2-3,6-8,10-12,14,20H2. The fourth-order valence-electron chi connectivity index (χ4n) is 4.30. The lowest BCUT2D eigenvalue weighted by atomic mass is 9.75. The van der Waals surface area contributed by atoms with E-state index in [9.17, 15) is 4.21 Å². The van der Waals surface area contributed by atoms with Crippen LogP contribution in [0.3, 0.4) is 0 Å². The van der Waals surface area contributed by atoms with Crippen LogP contribution in [0, 0.1) is 16.1 Å². The zero-order chi connectivity index (χ0) is 17.5. The molecule has 1 unspecified atom stereocenters. The van der Waals surface area contributed by atoms with Gasteiger partial charge in [-0.25, -0.2) is 8.99 Å². The number of ether oxygens (including phenoxy) is 1. The molecule has 4 rings (SSSR count). The predicted octanol–water partition coefficient (Wildman–Crippen LogP) is 3.21. The minimum atomic E-state index is -2.81. The maximum atomic E-state index is 12.6. The number of nitrogens with one attached hydrogen (secondary N) is 1. The molecule has 5 nitrogen and oxygen atoms in total. The first-order chi connectivity index (χ1) is 12.0. The highest BCUT2D eigenvalue weighted by Gasteiger charge is 2.46. The SMILES string of the molecule is N=S(=O)(CCN)c1ccc2ccn(CC3(C4CC4)CCOCC3)c2c1. The summed E-state index contributed by atoms with van der Waals surface area (Å²) in [5.74, 6) is 1.03. The van der Waals surface area contributed by atoms with E-state index >= 15 is 0 Å². The maximum Gasteiger partial charge on any atom is 0.0739 e. The van der Waals surface area contributed by atoms with E-state index in [2.05, 4.69) is 16.8 Å². The Bertz CT molecular complexity index is 862. The summed E-state index contributed by atoms with van der Waals surface area (Å²) >= 11 is 0. The summed E-state index contributed by atoms with van der Waals surface area (Å²) < 4.78 is 28.7. The van der Waals surface area contributed by atoms with E-state index in [1.807, 2.05) is 18.2 Å². The molecule has 1 saturated heterocycles. The number of benzene rings is 1. The third kappa shape index (κ3) is 3.23. The van der Waals surface area contributed by atoms with E-state index in [-0.39, 0.29) is 12.3 Å². The smallest absolute Gasteiger partial charge is 0.0739 e. The van der Waals surface area contributed by atoms with E-state index in [0.717, 1.165) is 49.4 Å². The highest BCUT2D eigenvalue weighted by Crippen LogP contribution is 2.52. The molecule has 2 aliphatic rings. The van der Waals surface area contributed by atoms with Gasteiger partial charge in [-0.3, -0.25) is 0 Å². The minimum absolute atomic E-state index is 0.211. The molecular formula is C19H27N3O2S. The van der Waals surface area contributed by atoms with E-state index < -0.39 is 9.73 Å². The number of nitrogens with two attached hydrogens (primary N) is 1. The largest absolute Gasteiger partial charge is 0.381 e. The fourth-order valence-corrected chi connectivity index (χ4v) is 5.46. The molecule has 2 aromatic rings. The second-order valence-corrected chi connectivity index (χ2v) is 9.81. The number of aromatic nitrogens is 1. The Morgan fingerprint density at radius 3 is 2.72 bits per heavy atom. The molecule has 1 aromatic heterocycles. The second-order valence-electron chi connectivity index (χ2n) is 7.58. The summed E-state index contributed by atoms with van der Waals surface area (Å²) in [5, 5.41) is 1.14. The number of hydrogen-bond acceptors (Lipinski definition) is 4. The molecule has 2 fully saturated rings. The molecule has 1 saturated carbocycles.